The Morgan fingerprint density at radius 2 is 2.05 bits per heavy atom. The standard InChI is InChI=1S/C12H18N2O5/c1-4-19-9-5-6-10(11(7-9)14(15)16)13-8-12(17-2)18-3/h5-7,12-13H,4,8H2,1-3H3. The summed E-state index contributed by atoms with van der Waals surface area (Å²) in [5, 5.41) is 13.9. The van der Waals surface area contributed by atoms with Crippen molar-refractivity contribution in [3.05, 3.63) is 28.3 Å². The minimum Gasteiger partial charge on any atom is -0.494 e. The first-order valence-electron chi connectivity index (χ1n) is 5.83. The smallest absolute Gasteiger partial charge is 0.296 e. The topological polar surface area (TPSA) is 82.9 Å². The predicted octanol–water partition coefficient (Wildman–Crippen LogP) is 2.02. The molecule has 0 amide bonds. The second kappa shape index (κ2) is 7.55. The maximum atomic E-state index is 11.0. The van der Waals surface area contributed by atoms with Gasteiger partial charge >= 0.3 is 0 Å². The molecule has 1 aromatic rings. The van der Waals surface area contributed by atoms with Gasteiger partial charge in [-0.2, -0.15) is 0 Å². The third-order valence-electron chi connectivity index (χ3n) is 2.46. The first kappa shape index (κ1) is 15.2. The van der Waals surface area contributed by atoms with E-state index in [9.17, 15) is 10.1 Å². The van der Waals surface area contributed by atoms with Gasteiger partial charge in [0.1, 0.15) is 11.4 Å². The highest BCUT2D eigenvalue weighted by molar-refractivity contribution is 5.63. The second-order valence-electron chi connectivity index (χ2n) is 3.65. The lowest BCUT2D eigenvalue weighted by Crippen LogP contribution is -2.23. The molecule has 7 heteroatoms. The van der Waals surface area contributed by atoms with E-state index in [4.69, 9.17) is 14.2 Å². The Balaban J connectivity index is 2.84. The maximum Gasteiger partial charge on any atom is 0.296 e. The molecule has 0 fully saturated rings. The lowest BCUT2D eigenvalue weighted by molar-refractivity contribution is -0.384. The van der Waals surface area contributed by atoms with E-state index in [0.29, 0.717) is 24.6 Å². The van der Waals surface area contributed by atoms with Gasteiger partial charge in [-0.3, -0.25) is 10.1 Å². The summed E-state index contributed by atoms with van der Waals surface area (Å²) in [6, 6.07) is 4.67. The van der Waals surface area contributed by atoms with Crippen LogP contribution in [0, 0.1) is 10.1 Å². The SMILES string of the molecule is CCOc1ccc(NCC(OC)OC)c([N+](=O)[O-])c1. The molecular formula is C12H18N2O5. The van der Waals surface area contributed by atoms with Crippen LogP contribution in [0.15, 0.2) is 18.2 Å². The summed E-state index contributed by atoms with van der Waals surface area (Å²) in [5.74, 6) is 0.467. The molecule has 0 atom stereocenters. The minimum atomic E-state index is -0.467. The molecule has 106 valence electrons. The number of rotatable bonds is 8. The van der Waals surface area contributed by atoms with Crippen molar-refractivity contribution < 1.29 is 19.1 Å². The Labute approximate surface area is 111 Å². The van der Waals surface area contributed by atoms with E-state index in [-0.39, 0.29) is 5.69 Å². The highest BCUT2D eigenvalue weighted by atomic mass is 16.7. The Morgan fingerprint density at radius 3 is 2.58 bits per heavy atom. The number of methoxy groups -OCH3 is 2. The minimum absolute atomic E-state index is 0.0445. The Morgan fingerprint density at radius 1 is 1.37 bits per heavy atom. The van der Waals surface area contributed by atoms with Gasteiger partial charge < -0.3 is 19.5 Å². The Kier molecular flexibility index (Phi) is 6.04. The summed E-state index contributed by atoms with van der Waals surface area (Å²) >= 11 is 0. The van der Waals surface area contributed by atoms with Gasteiger partial charge in [0.25, 0.3) is 5.69 Å². The average molecular weight is 270 g/mol. The van der Waals surface area contributed by atoms with E-state index in [1.54, 1.807) is 12.1 Å². The number of benzene rings is 1. The van der Waals surface area contributed by atoms with Crippen molar-refractivity contribution in [2.24, 2.45) is 0 Å². The normalized spacial score (nSPS) is 10.5. The molecular weight excluding hydrogens is 252 g/mol. The molecule has 0 radical (unpaired) electrons. The predicted molar refractivity (Wildman–Crippen MR) is 70.6 cm³/mol. The first-order valence-corrected chi connectivity index (χ1v) is 5.83. The number of nitrogens with zero attached hydrogens (tertiary/aromatic N) is 1. The van der Waals surface area contributed by atoms with Crippen molar-refractivity contribution in [3.8, 4) is 5.75 Å². The number of hydrogen-bond donors (Lipinski definition) is 1. The fraction of sp³-hybridized carbons (Fsp3) is 0.500. The van der Waals surface area contributed by atoms with Crippen LogP contribution in [0.25, 0.3) is 0 Å². The third kappa shape index (κ3) is 4.38. The lowest BCUT2D eigenvalue weighted by atomic mass is 10.2. The summed E-state index contributed by atoms with van der Waals surface area (Å²) in [5.41, 5.74) is 0.351. The molecule has 0 aliphatic heterocycles. The van der Waals surface area contributed by atoms with Crippen molar-refractivity contribution in [1.82, 2.24) is 0 Å². The summed E-state index contributed by atoms with van der Waals surface area (Å²) in [7, 11) is 3.00. The summed E-state index contributed by atoms with van der Waals surface area (Å²) < 4.78 is 15.2. The third-order valence-corrected chi connectivity index (χ3v) is 2.46. The summed E-state index contributed by atoms with van der Waals surface area (Å²) in [4.78, 5) is 10.6. The van der Waals surface area contributed by atoms with E-state index in [2.05, 4.69) is 5.32 Å². The zero-order chi connectivity index (χ0) is 14.3. The number of anilines is 1. The maximum absolute atomic E-state index is 11.0. The van der Waals surface area contributed by atoms with Crippen LogP contribution in [0.5, 0.6) is 5.75 Å². The molecule has 0 bridgehead atoms. The van der Waals surface area contributed by atoms with Crippen molar-refractivity contribution in [2.75, 3.05) is 32.7 Å². The van der Waals surface area contributed by atoms with Crippen molar-refractivity contribution in [3.63, 3.8) is 0 Å². The van der Waals surface area contributed by atoms with Gasteiger partial charge in [-0.25, -0.2) is 0 Å². The Bertz CT molecular complexity index is 421. The molecule has 0 spiro atoms. The van der Waals surface area contributed by atoms with Crippen LogP contribution in [0.3, 0.4) is 0 Å². The van der Waals surface area contributed by atoms with Gasteiger partial charge in [-0.1, -0.05) is 0 Å². The molecule has 1 rings (SSSR count). The van der Waals surface area contributed by atoms with E-state index < -0.39 is 11.2 Å². The van der Waals surface area contributed by atoms with Crippen LogP contribution in [0.2, 0.25) is 0 Å². The van der Waals surface area contributed by atoms with Crippen LogP contribution >= 0.6 is 0 Å². The molecule has 0 aliphatic rings. The molecule has 0 aliphatic carbocycles. The van der Waals surface area contributed by atoms with E-state index in [0.717, 1.165) is 0 Å². The van der Waals surface area contributed by atoms with Crippen molar-refractivity contribution >= 4 is 11.4 Å². The van der Waals surface area contributed by atoms with Gasteiger partial charge in [-0.15, -0.1) is 0 Å². The largest absolute Gasteiger partial charge is 0.494 e. The quantitative estimate of drug-likeness (QED) is 0.442. The van der Waals surface area contributed by atoms with Crippen LogP contribution in [0.4, 0.5) is 11.4 Å². The van der Waals surface area contributed by atoms with Crippen LogP contribution in [-0.2, 0) is 9.47 Å². The van der Waals surface area contributed by atoms with Gasteiger partial charge in [0.15, 0.2) is 6.29 Å². The van der Waals surface area contributed by atoms with Gasteiger partial charge in [0.2, 0.25) is 0 Å². The number of ether oxygens (including phenoxy) is 3. The number of nitrogens with one attached hydrogen (secondary N) is 1. The summed E-state index contributed by atoms with van der Waals surface area (Å²) in [6.45, 7) is 2.58. The Hall–Kier alpha value is -1.86. The fourth-order valence-corrected chi connectivity index (χ4v) is 1.52. The second-order valence-corrected chi connectivity index (χ2v) is 3.65. The molecule has 0 saturated carbocycles. The van der Waals surface area contributed by atoms with Gasteiger partial charge in [0.05, 0.1) is 24.1 Å². The van der Waals surface area contributed by atoms with Crippen LogP contribution in [0.1, 0.15) is 6.92 Å². The lowest BCUT2D eigenvalue weighted by Gasteiger charge is -2.15. The fourth-order valence-electron chi connectivity index (χ4n) is 1.52. The number of nitro groups is 1. The molecule has 7 nitrogen and oxygen atoms in total. The van der Waals surface area contributed by atoms with Crippen molar-refractivity contribution in [2.45, 2.75) is 13.2 Å². The molecule has 1 N–H and O–H groups in total. The molecule has 19 heavy (non-hydrogen) atoms. The van der Waals surface area contributed by atoms with Crippen molar-refractivity contribution in [1.29, 1.82) is 0 Å². The average Bonchev–Trinajstić information content (AvgIpc) is 2.41. The molecule has 0 saturated heterocycles. The van der Waals surface area contributed by atoms with Gasteiger partial charge in [0, 0.05) is 14.2 Å². The van der Waals surface area contributed by atoms with E-state index >= 15 is 0 Å². The number of nitro benzene ring substituents is 1. The molecule has 0 unspecified atom stereocenters. The molecule has 0 aromatic heterocycles. The van der Waals surface area contributed by atoms with E-state index in [1.165, 1.54) is 20.3 Å². The number of hydrogen-bond acceptors (Lipinski definition) is 6. The highest BCUT2D eigenvalue weighted by Gasteiger charge is 2.16. The summed E-state index contributed by atoms with van der Waals surface area (Å²) in [6.07, 6.45) is -0.467. The zero-order valence-corrected chi connectivity index (χ0v) is 11.2. The van der Waals surface area contributed by atoms with Crippen LogP contribution < -0.4 is 10.1 Å². The highest BCUT2D eigenvalue weighted by Crippen LogP contribution is 2.29. The monoisotopic (exact) mass is 270 g/mol. The molecule has 0 heterocycles. The van der Waals surface area contributed by atoms with Gasteiger partial charge in [-0.05, 0) is 19.1 Å². The zero-order valence-electron chi connectivity index (χ0n) is 11.2. The van der Waals surface area contributed by atoms with E-state index in [1.807, 2.05) is 6.92 Å². The van der Waals surface area contributed by atoms with Crippen LogP contribution in [-0.4, -0.2) is 38.6 Å². The first-order chi connectivity index (χ1) is 9.12. The molecule has 1 aromatic carbocycles.